The van der Waals surface area contributed by atoms with E-state index in [0.29, 0.717) is 21.7 Å². The standard InChI is InChI=1S/C22H25F3N6O2S2/c23-22(24,25)9-17-29-18-19(27-14-28-20(18)34-17)31-8-6-21(13-31)5-7-30(12-21)10-15-1-3-16(4-2-15)11-35(26,32)33/h1-4,14H,5-13H2,(H2,26,32,33). The minimum atomic E-state index is -4.31. The van der Waals surface area contributed by atoms with E-state index in [2.05, 4.69) is 24.8 Å². The maximum absolute atomic E-state index is 12.8. The summed E-state index contributed by atoms with van der Waals surface area (Å²) in [5, 5.41) is 5.12. The van der Waals surface area contributed by atoms with E-state index < -0.39 is 22.6 Å². The lowest BCUT2D eigenvalue weighted by Gasteiger charge is -2.25. The third-order valence-electron chi connectivity index (χ3n) is 6.62. The molecule has 3 aromatic rings. The summed E-state index contributed by atoms with van der Waals surface area (Å²) >= 11 is 0.969. The maximum atomic E-state index is 12.8. The van der Waals surface area contributed by atoms with Crippen LogP contribution >= 0.6 is 11.3 Å². The minimum Gasteiger partial charge on any atom is -0.354 e. The van der Waals surface area contributed by atoms with Crippen LogP contribution in [0.2, 0.25) is 0 Å². The first kappa shape index (κ1) is 24.3. The molecular formula is C22H25F3N6O2S2. The summed E-state index contributed by atoms with van der Waals surface area (Å²) in [5.41, 5.74) is 2.31. The van der Waals surface area contributed by atoms with E-state index in [1.807, 2.05) is 12.1 Å². The number of hydrogen-bond acceptors (Lipinski definition) is 8. The summed E-state index contributed by atoms with van der Waals surface area (Å²) in [4.78, 5) is 17.8. The van der Waals surface area contributed by atoms with Gasteiger partial charge in [0, 0.05) is 31.6 Å². The highest BCUT2D eigenvalue weighted by Gasteiger charge is 2.44. The van der Waals surface area contributed by atoms with E-state index in [9.17, 15) is 21.6 Å². The van der Waals surface area contributed by atoms with Crippen LogP contribution in [-0.2, 0) is 28.7 Å². The van der Waals surface area contributed by atoms with E-state index in [1.54, 1.807) is 12.1 Å². The zero-order valence-electron chi connectivity index (χ0n) is 18.8. The van der Waals surface area contributed by atoms with E-state index in [-0.39, 0.29) is 16.2 Å². The second-order valence-corrected chi connectivity index (χ2v) is 12.2. The average molecular weight is 527 g/mol. The van der Waals surface area contributed by atoms with Crippen molar-refractivity contribution in [2.24, 2.45) is 10.6 Å². The Hall–Kier alpha value is -2.35. The van der Waals surface area contributed by atoms with Crippen LogP contribution in [0, 0.1) is 5.41 Å². The van der Waals surface area contributed by atoms with E-state index in [1.165, 1.54) is 6.33 Å². The van der Waals surface area contributed by atoms with Crippen LogP contribution in [0.15, 0.2) is 30.6 Å². The minimum absolute atomic E-state index is 0.00489. The van der Waals surface area contributed by atoms with Gasteiger partial charge in [0.15, 0.2) is 5.82 Å². The van der Waals surface area contributed by atoms with Gasteiger partial charge in [-0.15, -0.1) is 0 Å². The van der Waals surface area contributed by atoms with Crippen LogP contribution in [0.1, 0.15) is 29.0 Å². The molecular weight excluding hydrogens is 501 g/mol. The number of halogens is 3. The fourth-order valence-corrected chi connectivity index (χ4v) is 6.69. The number of aromatic nitrogens is 3. The zero-order valence-corrected chi connectivity index (χ0v) is 20.5. The Kier molecular flexibility index (Phi) is 6.22. The smallest absolute Gasteiger partial charge is 0.354 e. The third-order valence-corrected chi connectivity index (χ3v) is 8.32. The number of rotatable bonds is 6. The Morgan fingerprint density at radius 2 is 1.77 bits per heavy atom. The predicted octanol–water partition coefficient (Wildman–Crippen LogP) is 3.08. The van der Waals surface area contributed by atoms with Gasteiger partial charge in [0.25, 0.3) is 0 Å². The highest BCUT2D eigenvalue weighted by Crippen LogP contribution is 2.42. The number of primary sulfonamides is 1. The van der Waals surface area contributed by atoms with Gasteiger partial charge < -0.3 is 4.90 Å². The Morgan fingerprint density at radius 3 is 2.49 bits per heavy atom. The van der Waals surface area contributed by atoms with Crippen molar-refractivity contribution in [1.82, 2.24) is 19.9 Å². The van der Waals surface area contributed by atoms with Crippen molar-refractivity contribution in [3.05, 3.63) is 46.7 Å². The molecule has 0 saturated carbocycles. The van der Waals surface area contributed by atoms with Crippen LogP contribution in [0.25, 0.3) is 10.3 Å². The predicted molar refractivity (Wildman–Crippen MR) is 127 cm³/mol. The first-order chi connectivity index (χ1) is 16.5. The first-order valence-corrected chi connectivity index (χ1v) is 13.7. The van der Waals surface area contributed by atoms with Gasteiger partial charge in [-0.1, -0.05) is 35.6 Å². The van der Waals surface area contributed by atoms with Crippen molar-refractivity contribution in [1.29, 1.82) is 0 Å². The molecule has 1 atom stereocenters. The van der Waals surface area contributed by atoms with E-state index >= 15 is 0 Å². The van der Waals surface area contributed by atoms with Gasteiger partial charge in [-0.05, 0) is 30.5 Å². The molecule has 2 aromatic heterocycles. The summed E-state index contributed by atoms with van der Waals surface area (Å²) in [5.74, 6) is 0.434. The lowest BCUT2D eigenvalue weighted by Crippen LogP contribution is -2.31. The first-order valence-electron chi connectivity index (χ1n) is 11.2. The zero-order chi connectivity index (χ0) is 24.8. The highest BCUT2D eigenvalue weighted by molar-refractivity contribution is 7.88. The number of sulfonamides is 1. The summed E-state index contributed by atoms with van der Waals surface area (Å²) in [6.07, 6.45) is -1.97. The molecule has 1 aromatic carbocycles. The normalized spacial score (nSPS) is 21.5. The number of anilines is 1. The molecule has 2 fully saturated rings. The van der Waals surface area contributed by atoms with Crippen LogP contribution < -0.4 is 10.0 Å². The molecule has 35 heavy (non-hydrogen) atoms. The number of benzene rings is 1. The molecule has 13 heteroatoms. The molecule has 2 N–H and O–H groups in total. The molecule has 0 bridgehead atoms. The number of fused-ring (bicyclic) bond motifs is 1. The number of nitrogens with two attached hydrogens (primary N) is 1. The molecule has 8 nitrogen and oxygen atoms in total. The molecule has 1 spiro atoms. The van der Waals surface area contributed by atoms with Gasteiger partial charge in [0.2, 0.25) is 10.0 Å². The molecule has 2 aliphatic heterocycles. The quantitative estimate of drug-likeness (QED) is 0.526. The maximum Gasteiger partial charge on any atom is 0.395 e. The molecule has 2 aliphatic rings. The van der Waals surface area contributed by atoms with Crippen molar-refractivity contribution in [3.63, 3.8) is 0 Å². The van der Waals surface area contributed by atoms with Crippen molar-refractivity contribution in [2.45, 2.75) is 37.7 Å². The monoisotopic (exact) mass is 526 g/mol. The van der Waals surface area contributed by atoms with Gasteiger partial charge in [-0.25, -0.2) is 28.5 Å². The number of thiazole rings is 1. The number of likely N-dealkylation sites (tertiary alicyclic amines) is 1. The van der Waals surface area contributed by atoms with Crippen molar-refractivity contribution in [2.75, 3.05) is 31.1 Å². The number of hydrogen-bond donors (Lipinski definition) is 1. The molecule has 2 saturated heterocycles. The van der Waals surface area contributed by atoms with Crippen LogP contribution in [0.5, 0.6) is 0 Å². The Labute approximate surface area is 205 Å². The van der Waals surface area contributed by atoms with E-state index in [0.717, 1.165) is 62.5 Å². The van der Waals surface area contributed by atoms with Gasteiger partial charge in [-0.2, -0.15) is 13.2 Å². The molecule has 0 radical (unpaired) electrons. The summed E-state index contributed by atoms with van der Waals surface area (Å²) in [7, 11) is -3.55. The van der Waals surface area contributed by atoms with Crippen molar-refractivity contribution in [3.8, 4) is 0 Å². The molecule has 4 heterocycles. The Balaban J connectivity index is 1.25. The molecule has 0 aliphatic carbocycles. The fraction of sp³-hybridized carbons (Fsp3) is 0.500. The van der Waals surface area contributed by atoms with Crippen molar-refractivity contribution < 1.29 is 21.6 Å². The number of nitrogens with zero attached hydrogens (tertiary/aromatic N) is 5. The molecule has 5 rings (SSSR count). The lowest BCUT2D eigenvalue weighted by molar-refractivity contribution is -0.127. The summed E-state index contributed by atoms with van der Waals surface area (Å²) < 4.78 is 61.1. The Morgan fingerprint density at radius 1 is 1.06 bits per heavy atom. The number of alkyl halides is 3. The topological polar surface area (TPSA) is 105 Å². The second-order valence-electron chi connectivity index (χ2n) is 9.51. The molecule has 1 unspecified atom stereocenters. The summed E-state index contributed by atoms with van der Waals surface area (Å²) in [6, 6.07) is 7.46. The third kappa shape index (κ3) is 5.74. The summed E-state index contributed by atoms with van der Waals surface area (Å²) in [6.45, 7) is 4.16. The lowest BCUT2D eigenvalue weighted by atomic mass is 9.86. The fourth-order valence-electron chi connectivity index (χ4n) is 5.11. The van der Waals surface area contributed by atoms with Gasteiger partial charge in [0.05, 0.1) is 12.2 Å². The van der Waals surface area contributed by atoms with Gasteiger partial charge in [-0.3, -0.25) is 4.90 Å². The van der Waals surface area contributed by atoms with Crippen LogP contribution in [-0.4, -0.2) is 60.6 Å². The van der Waals surface area contributed by atoms with Crippen molar-refractivity contribution >= 4 is 37.5 Å². The van der Waals surface area contributed by atoms with Gasteiger partial charge >= 0.3 is 6.18 Å². The van der Waals surface area contributed by atoms with Crippen LogP contribution in [0.3, 0.4) is 0 Å². The highest BCUT2D eigenvalue weighted by atomic mass is 32.2. The van der Waals surface area contributed by atoms with E-state index in [4.69, 9.17) is 5.14 Å². The average Bonchev–Trinajstić information content (AvgIpc) is 3.45. The van der Waals surface area contributed by atoms with Gasteiger partial charge in [0.1, 0.15) is 21.7 Å². The molecule has 188 valence electrons. The Bertz CT molecular complexity index is 1330. The largest absolute Gasteiger partial charge is 0.395 e. The van der Waals surface area contributed by atoms with Crippen LogP contribution in [0.4, 0.5) is 19.0 Å². The second kappa shape index (κ2) is 8.95. The SMILES string of the molecule is NS(=O)(=O)Cc1ccc(CN2CCC3(CCN(c4ncnc5sc(CC(F)(F)F)nc45)C3)C2)cc1. The molecule has 0 amide bonds.